The van der Waals surface area contributed by atoms with Gasteiger partial charge in [-0.1, -0.05) is 78.4 Å². The van der Waals surface area contributed by atoms with E-state index in [2.05, 4.69) is 44.5 Å². The summed E-state index contributed by atoms with van der Waals surface area (Å²) in [5, 5.41) is 15.9. The van der Waals surface area contributed by atoms with Crippen LogP contribution < -0.4 is 5.56 Å². The first-order valence-corrected chi connectivity index (χ1v) is 10.8. The number of hydrogen-bond acceptors (Lipinski definition) is 7. The molecule has 0 unspecified atom stereocenters. The summed E-state index contributed by atoms with van der Waals surface area (Å²) >= 11 is 1.36. The molecule has 0 aliphatic heterocycles. The Balaban J connectivity index is 1.41. The van der Waals surface area contributed by atoms with Crippen LogP contribution in [0.1, 0.15) is 18.4 Å². The van der Waals surface area contributed by atoms with Crippen LogP contribution in [0.3, 0.4) is 0 Å². The number of nitrogens with one attached hydrogen (secondary N) is 1. The molecule has 154 valence electrons. The van der Waals surface area contributed by atoms with Crippen molar-refractivity contribution in [2.24, 2.45) is 0 Å². The predicted molar refractivity (Wildman–Crippen MR) is 118 cm³/mol. The lowest BCUT2D eigenvalue weighted by Gasteiger charge is -2.01. The average molecular weight is 430 g/mol. The second kappa shape index (κ2) is 8.19. The van der Waals surface area contributed by atoms with Crippen LogP contribution in [0.4, 0.5) is 0 Å². The van der Waals surface area contributed by atoms with Gasteiger partial charge in [-0.05, 0) is 18.1 Å². The largest absolute Gasteiger partial charge is 0.338 e. The smallest absolute Gasteiger partial charge is 0.290 e. The van der Waals surface area contributed by atoms with Crippen LogP contribution in [0, 0.1) is 0 Å². The predicted octanol–water partition coefficient (Wildman–Crippen LogP) is 3.99. The standard InChI is InChI=1S/C22H18N6O2S/c1-2-14-8-10-15(11-9-14)17-12-18-21(29)24-25-22(28(18)26-17)31-13-19-23-20(27-30-19)16-6-4-3-5-7-16/h3-12H,2,13H2,1H3,(H,24,29). The van der Waals surface area contributed by atoms with Crippen LogP contribution in [0.15, 0.2) is 75.1 Å². The molecule has 0 fully saturated rings. The molecule has 0 saturated carbocycles. The third kappa shape index (κ3) is 3.87. The summed E-state index contributed by atoms with van der Waals surface area (Å²) in [5.74, 6) is 1.40. The third-order valence-electron chi connectivity index (χ3n) is 4.86. The van der Waals surface area contributed by atoms with Crippen molar-refractivity contribution in [1.29, 1.82) is 0 Å². The molecule has 5 aromatic rings. The molecule has 0 atom stereocenters. The Morgan fingerprint density at radius 1 is 1.06 bits per heavy atom. The Bertz CT molecular complexity index is 1390. The van der Waals surface area contributed by atoms with E-state index in [0.29, 0.717) is 33.8 Å². The second-order valence-corrected chi connectivity index (χ2v) is 7.82. The number of benzene rings is 2. The highest BCUT2D eigenvalue weighted by Crippen LogP contribution is 2.24. The van der Waals surface area contributed by atoms with Gasteiger partial charge in [0.25, 0.3) is 5.56 Å². The third-order valence-corrected chi connectivity index (χ3v) is 5.77. The van der Waals surface area contributed by atoms with Crippen LogP contribution >= 0.6 is 11.8 Å². The number of H-pyrrole nitrogens is 1. The van der Waals surface area contributed by atoms with Gasteiger partial charge in [-0.2, -0.15) is 10.1 Å². The van der Waals surface area contributed by atoms with E-state index < -0.39 is 0 Å². The van der Waals surface area contributed by atoms with E-state index in [1.165, 1.54) is 17.3 Å². The van der Waals surface area contributed by atoms with Gasteiger partial charge in [-0.25, -0.2) is 9.61 Å². The maximum atomic E-state index is 12.3. The second-order valence-electron chi connectivity index (χ2n) is 6.88. The molecular weight excluding hydrogens is 412 g/mol. The molecule has 0 aliphatic carbocycles. The zero-order valence-electron chi connectivity index (χ0n) is 16.6. The number of aromatic nitrogens is 6. The van der Waals surface area contributed by atoms with Crippen LogP contribution in [-0.2, 0) is 12.2 Å². The van der Waals surface area contributed by atoms with E-state index in [-0.39, 0.29) is 5.56 Å². The number of rotatable bonds is 6. The number of hydrogen-bond donors (Lipinski definition) is 1. The lowest BCUT2D eigenvalue weighted by atomic mass is 10.1. The molecule has 1 N–H and O–H groups in total. The number of aryl methyl sites for hydroxylation is 1. The summed E-state index contributed by atoms with van der Waals surface area (Å²) in [7, 11) is 0. The number of nitrogens with zero attached hydrogens (tertiary/aromatic N) is 5. The number of thioether (sulfide) groups is 1. The van der Waals surface area contributed by atoms with E-state index in [9.17, 15) is 4.79 Å². The van der Waals surface area contributed by atoms with Crippen LogP contribution in [0.5, 0.6) is 0 Å². The lowest BCUT2D eigenvalue weighted by Crippen LogP contribution is -2.13. The molecule has 0 radical (unpaired) electrons. The monoisotopic (exact) mass is 430 g/mol. The molecule has 0 aliphatic rings. The first-order valence-electron chi connectivity index (χ1n) is 9.80. The average Bonchev–Trinajstić information content (AvgIpc) is 3.48. The van der Waals surface area contributed by atoms with Crippen molar-refractivity contribution in [1.82, 2.24) is 30.0 Å². The first-order chi connectivity index (χ1) is 15.2. The molecular formula is C22H18N6O2S. The summed E-state index contributed by atoms with van der Waals surface area (Å²) in [4.78, 5) is 16.7. The van der Waals surface area contributed by atoms with Crippen molar-refractivity contribution in [2.45, 2.75) is 24.3 Å². The number of aromatic amines is 1. The Morgan fingerprint density at radius 3 is 2.65 bits per heavy atom. The van der Waals surface area contributed by atoms with Gasteiger partial charge >= 0.3 is 0 Å². The summed E-state index contributed by atoms with van der Waals surface area (Å²) in [6, 6.07) is 19.6. The fraction of sp³-hybridized carbons (Fsp3) is 0.136. The molecule has 2 aromatic carbocycles. The van der Waals surface area contributed by atoms with Crippen LogP contribution in [0.2, 0.25) is 0 Å². The summed E-state index contributed by atoms with van der Waals surface area (Å²) in [5.41, 5.74) is 3.93. The van der Waals surface area contributed by atoms with Gasteiger partial charge < -0.3 is 4.52 Å². The fourth-order valence-corrected chi connectivity index (χ4v) is 3.92. The zero-order valence-corrected chi connectivity index (χ0v) is 17.5. The maximum Gasteiger partial charge on any atom is 0.290 e. The quantitative estimate of drug-likeness (QED) is 0.406. The minimum Gasteiger partial charge on any atom is -0.338 e. The van der Waals surface area contributed by atoms with Crippen molar-refractivity contribution in [3.05, 3.63) is 82.5 Å². The minimum atomic E-state index is -0.294. The molecule has 31 heavy (non-hydrogen) atoms. The molecule has 8 nitrogen and oxygen atoms in total. The zero-order chi connectivity index (χ0) is 21.2. The molecule has 0 spiro atoms. The van der Waals surface area contributed by atoms with Crippen molar-refractivity contribution >= 4 is 17.3 Å². The Labute approximate surface area is 181 Å². The van der Waals surface area contributed by atoms with Gasteiger partial charge in [0.15, 0.2) is 0 Å². The topological polar surface area (TPSA) is 102 Å². The fourth-order valence-electron chi connectivity index (χ4n) is 3.18. The maximum absolute atomic E-state index is 12.3. The highest BCUT2D eigenvalue weighted by atomic mass is 32.2. The Morgan fingerprint density at radius 2 is 1.87 bits per heavy atom. The van der Waals surface area contributed by atoms with Gasteiger partial charge in [0.1, 0.15) is 5.52 Å². The molecule has 0 saturated heterocycles. The van der Waals surface area contributed by atoms with Crippen LogP contribution in [-0.4, -0.2) is 30.0 Å². The highest BCUT2D eigenvalue weighted by Gasteiger charge is 2.15. The normalized spacial score (nSPS) is 11.3. The Hall–Kier alpha value is -3.72. The molecule has 3 heterocycles. The van der Waals surface area contributed by atoms with E-state index >= 15 is 0 Å². The first kappa shape index (κ1) is 19.3. The van der Waals surface area contributed by atoms with E-state index in [4.69, 9.17) is 4.52 Å². The summed E-state index contributed by atoms with van der Waals surface area (Å²) < 4.78 is 6.92. The van der Waals surface area contributed by atoms with Crippen molar-refractivity contribution in [3.8, 4) is 22.6 Å². The molecule has 0 amide bonds. The van der Waals surface area contributed by atoms with Crippen molar-refractivity contribution in [3.63, 3.8) is 0 Å². The van der Waals surface area contributed by atoms with E-state index in [0.717, 1.165) is 17.5 Å². The highest BCUT2D eigenvalue weighted by molar-refractivity contribution is 7.98. The van der Waals surface area contributed by atoms with Gasteiger partial charge in [0.2, 0.25) is 16.9 Å². The SMILES string of the molecule is CCc1ccc(-c2cc3c(=O)[nH]nc(SCc4nc(-c5ccccc5)no4)n3n2)cc1. The van der Waals surface area contributed by atoms with Gasteiger partial charge in [0, 0.05) is 11.1 Å². The summed E-state index contributed by atoms with van der Waals surface area (Å²) in [6.45, 7) is 2.11. The molecule has 9 heteroatoms. The van der Waals surface area contributed by atoms with Crippen molar-refractivity contribution in [2.75, 3.05) is 0 Å². The lowest BCUT2D eigenvalue weighted by molar-refractivity contribution is 0.391. The van der Waals surface area contributed by atoms with Gasteiger partial charge in [-0.3, -0.25) is 4.79 Å². The minimum absolute atomic E-state index is 0.294. The summed E-state index contributed by atoms with van der Waals surface area (Å²) in [6.07, 6.45) is 0.970. The molecule has 0 bridgehead atoms. The van der Waals surface area contributed by atoms with Crippen molar-refractivity contribution < 1.29 is 4.52 Å². The van der Waals surface area contributed by atoms with Crippen LogP contribution in [0.25, 0.3) is 28.2 Å². The molecule has 5 rings (SSSR count). The van der Waals surface area contributed by atoms with Gasteiger partial charge in [-0.15, -0.1) is 5.10 Å². The Kier molecular flexibility index (Phi) is 5.09. The van der Waals surface area contributed by atoms with E-state index in [1.807, 2.05) is 42.5 Å². The number of fused-ring (bicyclic) bond motifs is 1. The van der Waals surface area contributed by atoms with E-state index in [1.54, 1.807) is 10.6 Å². The van der Waals surface area contributed by atoms with Gasteiger partial charge in [0.05, 0.1) is 11.4 Å². The molecule has 3 aromatic heterocycles.